The fourth-order valence-electron chi connectivity index (χ4n) is 3.39. The largest absolute Gasteiger partial charge is 1.00 e. The van der Waals surface area contributed by atoms with Gasteiger partial charge in [0.25, 0.3) is 0 Å². The fraction of sp³-hybridized carbons (Fsp3) is 0.478. The van der Waals surface area contributed by atoms with Crippen LogP contribution in [-0.2, 0) is 18.5 Å². The molecule has 164 valence electrons. The summed E-state index contributed by atoms with van der Waals surface area (Å²) in [5.41, 5.74) is 3.99. The van der Waals surface area contributed by atoms with E-state index in [1.54, 1.807) is 12.1 Å². The third-order valence-corrected chi connectivity index (χ3v) is 4.89. The minimum absolute atomic E-state index is 0. The third kappa shape index (κ3) is 7.88. The molecule has 0 aliphatic rings. The van der Waals surface area contributed by atoms with Gasteiger partial charge in [0.15, 0.2) is 0 Å². The summed E-state index contributed by atoms with van der Waals surface area (Å²) in [5.74, 6) is 0.693. The second-order valence-corrected chi connectivity index (χ2v) is 10.2. The van der Waals surface area contributed by atoms with Gasteiger partial charge >= 0.3 is 0 Å². The van der Waals surface area contributed by atoms with E-state index >= 15 is 0 Å². The minimum atomic E-state index is -0.235. The first kappa shape index (κ1) is 28.4. The highest BCUT2D eigenvalue weighted by molar-refractivity contribution is 5.46. The quantitative estimate of drug-likeness (QED) is 0.284. The number of phenols is 2. The van der Waals surface area contributed by atoms with E-state index in [0.717, 1.165) is 44.3 Å². The van der Waals surface area contributed by atoms with E-state index in [1.165, 1.54) is 0 Å². The standard InChI is InChI=1S/C23H34N2O2.2HI/c1-23(2,19-9-11-21(26)17(13-19)15-24(3,4)5)20-10-12-22(27)18(14-20)16-25(6,7)8;;/h9-14H,15-16H2,1-8H3;2*1H. The number of hydrogen-bond acceptors (Lipinski definition) is 2. The Morgan fingerprint density at radius 3 is 1.24 bits per heavy atom. The summed E-state index contributed by atoms with van der Waals surface area (Å²) in [6.07, 6.45) is 0. The third-order valence-electron chi connectivity index (χ3n) is 4.89. The Morgan fingerprint density at radius 2 is 0.966 bits per heavy atom. The molecule has 0 heterocycles. The van der Waals surface area contributed by atoms with Crippen LogP contribution in [0, 0.1) is 0 Å². The zero-order valence-electron chi connectivity index (χ0n) is 18.9. The highest BCUT2D eigenvalue weighted by Crippen LogP contribution is 2.36. The van der Waals surface area contributed by atoms with Gasteiger partial charge in [-0.3, -0.25) is 0 Å². The molecule has 4 nitrogen and oxygen atoms in total. The van der Waals surface area contributed by atoms with Gasteiger partial charge in [-0.2, -0.15) is 0 Å². The van der Waals surface area contributed by atoms with Gasteiger partial charge in [0.1, 0.15) is 24.6 Å². The summed E-state index contributed by atoms with van der Waals surface area (Å²) in [5, 5.41) is 20.6. The number of phenolic OH excluding ortho intramolecular Hbond substituents is 2. The molecule has 0 spiro atoms. The molecule has 0 aromatic heterocycles. The predicted octanol–water partition coefficient (Wildman–Crippen LogP) is -2.16. The van der Waals surface area contributed by atoms with Crippen LogP contribution in [0.25, 0.3) is 0 Å². The van der Waals surface area contributed by atoms with Crippen LogP contribution >= 0.6 is 0 Å². The van der Waals surface area contributed by atoms with Crippen molar-refractivity contribution in [2.45, 2.75) is 32.4 Å². The molecule has 6 heteroatoms. The Kier molecular flexibility index (Phi) is 9.95. The van der Waals surface area contributed by atoms with Gasteiger partial charge in [-0.15, -0.1) is 0 Å². The highest BCUT2D eigenvalue weighted by atomic mass is 127. The molecule has 29 heavy (non-hydrogen) atoms. The zero-order chi connectivity index (χ0) is 20.6. The molecule has 0 atom stereocenters. The first-order valence-corrected chi connectivity index (χ1v) is 9.45. The average molecular weight is 626 g/mol. The molecular weight excluding hydrogens is 590 g/mol. The van der Waals surface area contributed by atoms with Crippen LogP contribution in [0.1, 0.15) is 36.1 Å². The lowest BCUT2D eigenvalue weighted by atomic mass is 9.77. The number of benzene rings is 2. The van der Waals surface area contributed by atoms with Crippen molar-refractivity contribution in [3.63, 3.8) is 0 Å². The van der Waals surface area contributed by atoms with E-state index < -0.39 is 0 Å². The van der Waals surface area contributed by atoms with Gasteiger partial charge in [0, 0.05) is 16.5 Å². The van der Waals surface area contributed by atoms with Gasteiger partial charge in [-0.25, -0.2) is 0 Å². The van der Waals surface area contributed by atoms with E-state index in [2.05, 4.69) is 68.3 Å². The summed E-state index contributed by atoms with van der Waals surface area (Å²) in [4.78, 5) is 0. The maximum Gasteiger partial charge on any atom is 0.124 e. The lowest BCUT2D eigenvalue weighted by molar-refractivity contribution is -0.884. The summed E-state index contributed by atoms with van der Waals surface area (Å²) in [7, 11) is 12.7. The van der Waals surface area contributed by atoms with Crippen LogP contribution in [0.3, 0.4) is 0 Å². The van der Waals surface area contributed by atoms with Crippen molar-refractivity contribution in [1.29, 1.82) is 0 Å². The van der Waals surface area contributed by atoms with Crippen molar-refractivity contribution in [3.8, 4) is 11.5 Å². The lowest BCUT2D eigenvalue weighted by Crippen LogP contribution is -3.00. The number of rotatable bonds is 6. The van der Waals surface area contributed by atoms with Crippen LogP contribution in [0.5, 0.6) is 11.5 Å². The number of nitrogens with zero attached hydrogens (tertiary/aromatic N) is 2. The number of hydrogen-bond donors (Lipinski definition) is 2. The Balaban J connectivity index is 0.00000392. The summed E-state index contributed by atoms with van der Waals surface area (Å²) >= 11 is 0. The maximum atomic E-state index is 10.3. The molecule has 2 N–H and O–H groups in total. The Bertz CT molecular complexity index is 755. The normalized spacial score (nSPS) is 12.1. The van der Waals surface area contributed by atoms with Gasteiger partial charge in [-0.1, -0.05) is 26.0 Å². The minimum Gasteiger partial charge on any atom is -1.00 e. The molecule has 2 aromatic rings. The molecule has 2 rings (SSSR count). The van der Waals surface area contributed by atoms with Gasteiger partial charge in [0.2, 0.25) is 0 Å². The first-order valence-electron chi connectivity index (χ1n) is 9.45. The molecule has 0 bridgehead atoms. The molecular formula is C23H36I2N2O2. The molecule has 0 unspecified atom stereocenters. The van der Waals surface area contributed by atoms with Crippen LogP contribution < -0.4 is 48.0 Å². The average Bonchev–Trinajstić information content (AvgIpc) is 2.48. The number of aromatic hydroxyl groups is 2. The lowest BCUT2D eigenvalue weighted by Gasteiger charge is -2.30. The van der Waals surface area contributed by atoms with Crippen LogP contribution in [0.2, 0.25) is 0 Å². The second kappa shape index (κ2) is 10.2. The van der Waals surface area contributed by atoms with Crippen molar-refractivity contribution in [2.75, 3.05) is 42.3 Å². The zero-order valence-corrected chi connectivity index (χ0v) is 23.2. The molecule has 2 aromatic carbocycles. The summed E-state index contributed by atoms with van der Waals surface area (Å²) in [6, 6.07) is 11.8. The van der Waals surface area contributed by atoms with Crippen molar-refractivity contribution < 1.29 is 67.1 Å². The second-order valence-electron chi connectivity index (χ2n) is 10.2. The Labute approximate surface area is 210 Å². The van der Waals surface area contributed by atoms with Crippen molar-refractivity contribution in [3.05, 3.63) is 58.7 Å². The topological polar surface area (TPSA) is 40.5 Å². The predicted molar refractivity (Wildman–Crippen MR) is 112 cm³/mol. The van der Waals surface area contributed by atoms with E-state index in [0.29, 0.717) is 11.5 Å². The van der Waals surface area contributed by atoms with Crippen LogP contribution in [0.4, 0.5) is 0 Å². The molecule has 0 amide bonds. The molecule has 0 aliphatic carbocycles. The van der Waals surface area contributed by atoms with Crippen molar-refractivity contribution >= 4 is 0 Å². The molecule has 0 aliphatic heterocycles. The van der Waals surface area contributed by atoms with Crippen LogP contribution in [0.15, 0.2) is 36.4 Å². The molecule has 0 saturated heterocycles. The van der Waals surface area contributed by atoms with Crippen LogP contribution in [-0.4, -0.2) is 61.5 Å². The van der Waals surface area contributed by atoms with E-state index in [9.17, 15) is 10.2 Å². The van der Waals surface area contributed by atoms with Crippen molar-refractivity contribution in [1.82, 2.24) is 0 Å². The molecule has 0 fully saturated rings. The molecule has 0 radical (unpaired) electrons. The smallest absolute Gasteiger partial charge is 0.124 e. The molecule has 0 saturated carbocycles. The first-order chi connectivity index (χ1) is 12.2. The fourth-order valence-corrected chi connectivity index (χ4v) is 3.39. The summed E-state index contributed by atoms with van der Waals surface area (Å²) in [6.45, 7) is 5.91. The number of halogens is 2. The Hall–Kier alpha value is -0.580. The van der Waals surface area contributed by atoms with E-state index in [-0.39, 0.29) is 53.4 Å². The van der Waals surface area contributed by atoms with Gasteiger partial charge in [-0.05, 0) is 35.4 Å². The Morgan fingerprint density at radius 1 is 0.655 bits per heavy atom. The van der Waals surface area contributed by atoms with Crippen molar-refractivity contribution in [2.24, 2.45) is 0 Å². The van der Waals surface area contributed by atoms with Gasteiger partial charge < -0.3 is 67.1 Å². The van der Waals surface area contributed by atoms with E-state index in [1.807, 2.05) is 12.1 Å². The van der Waals surface area contributed by atoms with E-state index in [4.69, 9.17) is 0 Å². The monoisotopic (exact) mass is 626 g/mol. The maximum absolute atomic E-state index is 10.3. The SMILES string of the molecule is CC(C)(c1ccc(O)c(C[N+](C)(C)C)c1)c1ccc(O)c(C[N+](C)(C)C)c1.[I-].[I-]. The summed E-state index contributed by atoms with van der Waals surface area (Å²) < 4.78 is 1.51. The number of quaternary nitrogens is 2. The van der Waals surface area contributed by atoms with Gasteiger partial charge in [0.05, 0.1) is 42.3 Å². The highest BCUT2D eigenvalue weighted by Gasteiger charge is 2.26.